The van der Waals surface area contributed by atoms with Gasteiger partial charge >= 0.3 is 5.97 Å². The molecule has 0 unspecified atom stereocenters. The standard InChI is InChI=1S/C12H13N3O2/c1-4-10(3)11(6-13,7-14)12(10,8-15)9(16)17-5-2/h4-5H2,1-3H3/t10-,12-/m1/s1. The maximum atomic E-state index is 11.9. The van der Waals surface area contributed by atoms with Crippen LogP contribution >= 0.6 is 0 Å². The topological polar surface area (TPSA) is 97.7 Å². The highest BCUT2D eigenvalue weighted by Gasteiger charge is 2.91. The number of hydrogen-bond donors (Lipinski definition) is 0. The molecule has 0 amide bonds. The summed E-state index contributed by atoms with van der Waals surface area (Å²) in [5, 5.41) is 27.6. The fraction of sp³-hybridized carbons (Fsp3) is 0.667. The molecule has 0 heterocycles. The number of nitriles is 3. The Balaban J connectivity index is 3.40. The van der Waals surface area contributed by atoms with Crippen LogP contribution in [0.3, 0.4) is 0 Å². The van der Waals surface area contributed by atoms with Gasteiger partial charge in [0.25, 0.3) is 0 Å². The van der Waals surface area contributed by atoms with E-state index in [1.165, 1.54) is 0 Å². The van der Waals surface area contributed by atoms with Gasteiger partial charge in [0.15, 0.2) is 10.8 Å². The second-order valence-electron chi connectivity index (χ2n) is 4.24. The number of hydrogen-bond acceptors (Lipinski definition) is 5. The van der Waals surface area contributed by atoms with Crippen LogP contribution in [0.2, 0.25) is 0 Å². The van der Waals surface area contributed by atoms with E-state index in [4.69, 9.17) is 4.74 Å². The van der Waals surface area contributed by atoms with Gasteiger partial charge in [-0.15, -0.1) is 0 Å². The molecule has 1 fully saturated rings. The van der Waals surface area contributed by atoms with Crippen molar-refractivity contribution in [2.24, 2.45) is 16.2 Å². The lowest BCUT2D eigenvalue weighted by Gasteiger charge is -2.11. The van der Waals surface area contributed by atoms with Gasteiger partial charge in [-0.1, -0.05) is 13.8 Å². The van der Waals surface area contributed by atoms with E-state index in [1.807, 2.05) is 18.2 Å². The van der Waals surface area contributed by atoms with Gasteiger partial charge in [-0.3, -0.25) is 4.79 Å². The molecule has 0 radical (unpaired) electrons. The molecule has 88 valence electrons. The molecular formula is C12H13N3O2. The molecule has 5 heteroatoms. The molecule has 0 spiro atoms. The highest BCUT2D eigenvalue weighted by atomic mass is 16.5. The summed E-state index contributed by atoms with van der Waals surface area (Å²) in [5.74, 6) is -0.769. The summed E-state index contributed by atoms with van der Waals surface area (Å²) in [6, 6.07) is 5.53. The Morgan fingerprint density at radius 3 is 1.94 bits per heavy atom. The first kappa shape index (κ1) is 13.0. The molecule has 0 aromatic rings. The summed E-state index contributed by atoms with van der Waals surface area (Å²) in [6.07, 6.45) is 0.389. The predicted molar refractivity (Wildman–Crippen MR) is 56.7 cm³/mol. The molecule has 2 atom stereocenters. The average Bonchev–Trinajstić information content (AvgIpc) is 2.84. The van der Waals surface area contributed by atoms with Crippen LogP contribution in [0.4, 0.5) is 0 Å². The normalized spacial score (nSPS) is 32.7. The van der Waals surface area contributed by atoms with Crippen LogP contribution in [0.15, 0.2) is 0 Å². The zero-order valence-corrected chi connectivity index (χ0v) is 10.1. The molecule has 0 aromatic heterocycles. The van der Waals surface area contributed by atoms with Gasteiger partial charge in [0.2, 0.25) is 0 Å². The Labute approximate surface area is 100 Å². The Kier molecular flexibility index (Phi) is 2.87. The van der Waals surface area contributed by atoms with Gasteiger partial charge in [-0.05, 0) is 13.3 Å². The minimum Gasteiger partial charge on any atom is -0.465 e. The van der Waals surface area contributed by atoms with E-state index < -0.39 is 22.2 Å². The summed E-state index contributed by atoms with van der Waals surface area (Å²) in [5.41, 5.74) is -4.23. The lowest BCUT2D eigenvalue weighted by molar-refractivity contribution is -0.149. The number of ether oxygens (including phenoxy) is 1. The molecule has 0 aliphatic heterocycles. The maximum absolute atomic E-state index is 11.9. The molecule has 0 N–H and O–H groups in total. The van der Waals surface area contributed by atoms with E-state index in [0.29, 0.717) is 6.42 Å². The molecule has 0 aromatic carbocycles. The van der Waals surface area contributed by atoms with Crippen molar-refractivity contribution >= 4 is 5.97 Å². The molecular weight excluding hydrogens is 218 g/mol. The first-order valence-electron chi connectivity index (χ1n) is 5.39. The van der Waals surface area contributed by atoms with Crippen molar-refractivity contribution in [3.63, 3.8) is 0 Å². The Hall–Kier alpha value is -2.06. The van der Waals surface area contributed by atoms with Crippen LogP contribution in [-0.2, 0) is 9.53 Å². The van der Waals surface area contributed by atoms with Gasteiger partial charge in [0.1, 0.15) is 0 Å². The Morgan fingerprint density at radius 2 is 1.71 bits per heavy atom. The Morgan fingerprint density at radius 1 is 1.18 bits per heavy atom. The van der Waals surface area contributed by atoms with Gasteiger partial charge in [-0.2, -0.15) is 15.8 Å². The Bertz CT molecular complexity index is 465. The van der Waals surface area contributed by atoms with Crippen molar-refractivity contribution in [3.05, 3.63) is 0 Å². The summed E-state index contributed by atoms with van der Waals surface area (Å²) in [7, 11) is 0. The quantitative estimate of drug-likeness (QED) is 0.686. The van der Waals surface area contributed by atoms with Gasteiger partial charge < -0.3 is 4.74 Å². The van der Waals surface area contributed by atoms with E-state index in [0.717, 1.165) is 0 Å². The zero-order chi connectivity index (χ0) is 13.3. The third-order valence-electron chi connectivity index (χ3n) is 3.95. The monoisotopic (exact) mass is 231 g/mol. The van der Waals surface area contributed by atoms with Crippen LogP contribution in [0, 0.1) is 50.2 Å². The van der Waals surface area contributed by atoms with Gasteiger partial charge in [0, 0.05) is 5.41 Å². The minimum absolute atomic E-state index is 0.120. The second-order valence-corrected chi connectivity index (χ2v) is 4.24. The minimum atomic E-state index is -1.66. The molecule has 0 bridgehead atoms. The third kappa shape index (κ3) is 1.03. The van der Waals surface area contributed by atoms with Crippen molar-refractivity contribution in [1.29, 1.82) is 15.8 Å². The van der Waals surface area contributed by atoms with Crippen molar-refractivity contribution in [1.82, 2.24) is 0 Å². The summed E-state index contributed by atoms with van der Waals surface area (Å²) in [6.45, 7) is 5.10. The van der Waals surface area contributed by atoms with Crippen molar-refractivity contribution < 1.29 is 9.53 Å². The number of carbonyl (C=O) groups excluding carboxylic acids is 1. The molecule has 5 nitrogen and oxygen atoms in total. The van der Waals surface area contributed by atoms with Crippen LogP contribution in [0.25, 0.3) is 0 Å². The first-order valence-corrected chi connectivity index (χ1v) is 5.39. The fourth-order valence-corrected chi connectivity index (χ4v) is 2.62. The predicted octanol–water partition coefficient (Wildman–Crippen LogP) is 1.52. The first-order chi connectivity index (χ1) is 7.97. The summed E-state index contributed by atoms with van der Waals surface area (Å²) in [4.78, 5) is 11.9. The third-order valence-corrected chi connectivity index (χ3v) is 3.95. The van der Waals surface area contributed by atoms with Crippen molar-refractivity contribution in [3.8, 4) is 18.2 Å². The number of rotatable bonds is 3. The molecule has 1 saturated carbocycles. The fourth-order valence-electron chi connectivity index (χ4n) is 2.62. The van der Waals surface area contributed by atoms with E-state index in [9.17, 15) is 20.6 Å². The van der Waals surface area contributed by atoms with E-state index in [1.54, 1.807) is 20.8 Å². The lowest BCUT2D eigenvalue weighted by Crippen LogP contribution is -2.25. The van der Waals surface area contributed by atoms with Crippen LogP contribution in [0.5, 0.6) is 0 Å². The van der Waals surface area contributed by atoms with Gasteiger partial charge in [-0.25, -0.2) is 0 Å². The number of esters is 1. The second kappa shape index (κ2) is 3.75. The summed E-state index contributed by atoms with van der Waals surface area (Å²) < 4.78 is 4.85. The summed E-state index contributed by atoms with van der Waals surface area (Å²) >= 11 is 0. The van der Waals surface area contributed by atoms with Crippen LogP contribution in [-0.4, -0.2) is 12.6 Å². The molecule has 17 heavy (non-hydrogen) atoms. The number of nitrogens with zero attached hydrogens (tertiary/aromatic N) is 3. The largest absolute Gasteiger partial charge is 0.465 e. The van der Waals surface area contributed by atoms with Gasteiger partial charge in [0.05, 0.1) is 24.8 Å². The molecule has 1 aliphatic rings. The van der Waals surface area contributed by atoms with Crippen LogP contribution < -0.4 is 0 Å². The molecule has 1 aliphatic carbocycles. The zero-order valence-electron chi connectivity index (χ0n) is 10.1. The molecule has 0 saturated heterocycles. The molecule has 1 rings (SSSR count). The lowest BCUT2D eigenvalue weighted by atomic mass is 9.93. The SMILES string of the molecule is CCOC(=O)[C@@]1(C#N)C(C#N)(C#N)[C@@]1(C)CC. The average molecular weight is 231 g/mol. The van der Waals surface area contributed by atoms with E-state index in [-0.39, 0.29) is 6.61 Å². The van der Waals surface area contributed by atoms with Crippen molar-refractivity contribution in [2.75, 3.05) is 6.61 Å². The highest BCUT2D eigenvalue weighted by Crippen LogP contribution is 2.79. The highest BCUT2D eigenvalue weighted by molar-refractivity contribution is 5.90. The maximum Gasteiger partial charge on any atom is 0.329 e. The van der Waals surface area contributed by atoms with E-state index in [2.05, 4.69) is 0 Å². The van der Waals surface area contributed by atoms with Crippen molar-refractivity contribution in [2.45, 2.75) is 27.2 Å². The number of carbonyl (C=O) groups is 1. The smallest absolute Gasteiger partial charge is 0.329 e. The van der Waals surface area contributed by atoms with Crippen LogP contribution in [0.1, 0.15) is 27.2 Å². The van der Waals surface area contributed by atoms with E-state index >= 15 is 0 Å².